The van der Waals surface area contributed by atoms with Crippen LogP contribution in [0.1, 0.15) is 16.8 Å². The molecule has 4 rings (SSSR count). The topological polar surface area (TPSA) is 72.4 Å². The third-order valence-electron chi connectivity index (χ3n) is 4.34. The first-order chi connectivity index (χ1) is 12.5. The number of aryl methyl sites for hydroxylation is 1. The minimum absolute atomic E-state index is 0.232. The van der Waals surface area contributed by atoms with Crippen LogP contribution in [0.25, 0.3) is 0 Å². The highest BCUT2D eigenvalue weighted by Crippen LogP contribution is 2.29. The second-order valence-corrected chi connectivity index (χ2v) is 8.04. The highest BCUT2D eigenvalue weighted by molar-refractivity contribution is 7.89. The van der Waals surface area contributed by atoms with Crippen molar-refractivity contribution < 1.29 is 13.2 Å². The molecule has 0 spiro atoms. The SMILES string of the molecule is Cc1ccccc1Oc1ccc(S(=O)(=O)N2Cc3cncnc3C2)cc1. The molecule has 0 saturated carbocycles. The standard InChI is InChI=1S/C19H17N3O3S/c1-14-4-2-3-5-19(14)25-16-6-8-17(9-7-16)26(23,24)22-11-15-10-20-13-21-18(15)12-22/h2-10,13H,11-12H2,1H3. The lowest BCUT2D eigenvalue weighted by Crippen LogP contribution is -2.25. The summed E-state index contributed by atoms with van der Waals surface area (Å²) in [6.07, 6.45) is 3.10. The van der Waals surface area contributed by atoms with Gasteiger partial charge in [-0.15, -0.1) is 0 Å². The second-order valence-electron chi connectivity index (χ2n) is 6.11. The van der Waals surface area contributed by atoms with Gasteiger partial charge in [-0.2, -0.15) is 4.31 Å². The first-order valence-electron chi connectivity index (χ1n) is 8.15. The minimum Gasteiger partial charge on any atom is -0.457 e. The predicted octanol–water partition coefficient (Wildman–Crippen LogP) is 3.28. The molecule has 26 heavy (non-hydrogen) atoms. The van der Waals surface area contributed by atoms with Crippen molar-refractivity contribution in [2.45, 2.75) is 24.9 Å². The van der Waals surface area contributed by atoms with Gasteiger partial charge in [-0.05, 0) is 42.8 Å². The number of nitrogens with zero attached hydrogens (tertiary/aromatic N) is 3. The van der Waals surface area contributed by atoms with Gasteiger partial charge < -0.3 is 4.74 Å². The number of sulfonamides is 1. The van der Waals surface area contributed by atoms with E-state index >= 15 is 0 Å². The van der Waals surface area contributed by atoms with E-state index in [2.05, 4.69) is 9.97 Å². The van der Waals surface area contributed by atoms with E-state index < -0.39 is 10.0 Å². The molecule has 0 atom stereocenters. The van der Waals surface area contributed by atoms with Crippen LogP contribution >= 0.6 is 0 Å². The molecule has 0 aliphatic carbocycles. The molecule has 0 bridgehead atoms. The Balaban J connectivity index is 1.54. The molecule has 132 valence electrons. The maximum absolute atomic E-state index is 12.9. The van der Waals surface area contributed by atoms with Crippen LogP contribution in [0.3, 0.4) is 0 Å². The summed E-state index contributed by atoms with van der Waals surface area (Å²) in [6.45, 7) is 2.52. The molecule has 0 radical (unpaired) electrons. The third kappa shape index (κ3) is 3.07. The Morgan fingerprint density at radius 3 is 2.54 bits per heavy atom. The molecule has 2 heterocycles. The van der Waals surface area contributed by atoms with Crippen LogP contribution in [0.2, 0.25) is 0 Å². The van der Waals surface area contributed by atoms with E-state index in [0.29, 0.717) is 12.3 Å². The van der Waals surface area contributed by atoms with E-state index in [9.17, 15) is 8.42 Å². The lowest BCUT2D eigenvalue weighted by molar-refractivity contribution is 0.429. The molecule has 0 saturated heterocycles. The average molecular weight is 367 g/mol. The first kappa shape index (κ1) is 16.7. The monoisotopic (exact) mass is 367 g/mol. The fourth-order valence-corrected chi connectivity index (χ4v) is 4.25. The Hall–Kier alpha value is -2.77. The minimum atomic E-state index is -3.59. The van der Waals surface area contributed by atoms with Crippen molar-refractivity contribution in [3.05, 3.63) is 77.9 Å². The van der Waals surface area contributed by atoms with Crippen LogP contribution in [0, 0.1) is 6.92 Å². The Labute approximate surface area is 152 Å². The number of fused-ring (bicyclic) bond motifs is 1. The van der Waals surface area contributed by atoms with Crippen LogP contribution < -0.4 is 4.74 Å². The van der Waals surface area contributed by atoms with Gasteiger partial charge in [0.25, 0.3) is 0 Å². The van der Waals surface area contributed by atoms with Gasteiger partial charge in [0.2, 0.25) is 10.0 Å². The van der Waals surface area contributed by atoms with Crippen LogP contribution in [0.5, 0.6) is 11.5 Å². The van der Waals surface area contributed by atoms with Crippen LogP contribution in [-0.4, -0.2) is 22.7 Å². The van der Waals surface area contributed by atoms with Gasteiger partial charge in [0.05, 0.1) is 17.1 Å². The summed E-state index contributed by atoms with van der Waals surface area (Å²) in [7, 11) is -3.59. The molecule has 1 aromatic heterocycles. The van der Waals surface area contributed by atoms with Gasteiger partial charge in [-0.3, -0.25) is 0 Å². The summed E-state index contributed by atoms with van der Waals surface area (Å²) in [6, 6.07) is 14.1. The highest BCUT2D eigenvalue weighted by Gasteiger charge is 2.31. The maximum Gasteiger partial charge on any atom is 0.243 e. The lowest BCUT2D eigenvalue weighted by atomic mass is 10.2. The smallest absolute Gasteiger partial charge is 0.243 e. The summed E-state index contributed by atoms with van der Waals surface area (Å²) in [5.74, 6) is 1.34. The Bertz CT molecular complexity index is 1020. The molecule has 0 amide bonds. The van der Waals surface area contributed by atoms with E-state index in [0.717, 1.165) is 22.6 Å². The van der Waals surface area contributed by atoms with Gasteiger partial charge in [0, 0.05) is 18.3 Å². The zero-order valence-corrected chi connectivity index (χ0v) is 15.0. The van der Waals surface area contributed by atoms with Crippen molar-refractivity contribution in [1.29, 1.82) is 0 Å². The van der Waals surface area contributed by atoms with Crippen molar-refractivity contribution in [3.63, 3.8) is 0 Å². The molecule has 1 aliphatic heterocycles. The molecule has 6 nitrogen and oxygen atoms in total. The van der Waals surface area contributed by atoms with Crippen LogP contribution in [-0.2, 0) is 23.1 Å². The molecular formula is C19H17N3O3S. The molecular weight excluding hydrogens is 350 g/mol. The van der Waals surface area contributed by atoms with E-state index in [1.807, 2.05) is 31.2 Å². The number of para-hydroxylation sites is 1. The van der Waals surface area contributed by atoms with E-state index in [4.69, 9.17) is 4.74 Å². The third-order valence-corrected chi connectivity index (χ3v) is 6.14. The Morgan fingerprint density at radius 1 is 1.04 bits per heavy atom. The molecule has 7 heteroatoms. The molecule has 3 aromatic rings. The molecule has 0 fully saturated rings. The fourth-order valence-electron chi connectivity index (χ4n) is 2.87. The normalized spacial score (nSPS) is 14.2. The number of ether oxygens (including phenoxy) is 1. The van der Waals surface area contributed by atoms with Crippen molar-refractivity contribution in [3.8, 4) is 11.5 Å². The quantitative estimate of drug-likeness (QED) is 0.708. The highest BCUT2D eigenvalue weighted by atomic mass is 32.2. The Morgan fingerprint density at radius 2 is 1.81 bits per heavy atom. The van der Waals surface area contributed by atoms with Crippen molar-refractivity contribution in [2.75, 3.05) is 0 Å². The number of benzene rings is 2. The maximum atomic E-state index is 12.9. The molecule has 1 aliphatic rings. The van der Waals surface area contributed by atoms with Crippen molar-refractivity contribution in [2.24, 2.45) is 0 Å². The van der Waals surface area contributed by atoms with Gasteiger partial charge in [-0.25, -0.2) is 18.4 Å². The number of hydrogen-bond donors (Lipinski definition) is 0. The molecule has 0 unspecified atom stereocenters. The number of rotatable bonds is 4. The largest absolute Gasteiger partial charge is 0.457 e. The molecule has 2 aromatic carbocycles. The second kappa shape index (κ2) is 6.51. The summed E-state index contributed by atoms with van der Waals surface area (Å²) in [5, 5.41) is 0. The van der Waals surface area contributed by atoms with E-state index in [1.54, 1.807) is 30.5 Å². The summed E-state index contributed by atoms with van der Waals surface area (Å²) in [5.41, 5.74) is 2.61. The van der Waals surface area contributed by atoms with Crippen LogP contribution in [0.15, 0.2) is 66.0 Å². The Kier molecular flexibility index (Phi) is 4.18. The summed E-state index contributed by atoms with van der Waals surface area (Å²) < 4.78 is 33.0. The lowest BCUT2D eigenvalue weighted by Gasteiger charge is -2.16. The van der Waals surface area contributed by atoms with Gasteiger partial charge in [0.15, 0.2) is 0 Å². The summed E-state index contributed by atoms with van der Waals surface area (Å²) >= 11 is 0. The number of hydrogen-bond acceptors (Lipinski definition) is 5. The summed E-state index contributed by atoms with van der Waals surface area (Å²) in [4.78, 5) is 8.34. The predicted molar refractivity (Wildman–Crippen MR) is 96.2 cm³/mol. The van der Waals surface area contributed by atoms with E-state index in [-0.39, 0.29) is 11.4 Å². The van der Waals surface area contributed by atoms with Crippen molar-refractivity contribution >= 4 is 10.0 Å². The van der Waals surface area contributed by atoms with E-state index in [1.165, 1.54) is 10.6 Å². The van der Waals surface area contributed by atoms with Gasteiger partial charge in [-0.1, -0.05) is 18.2 Å². The zero-order chi connectivity index (χ0) is 18.1. The first-order valence-corrected chi connectivity index (χ1v) is 9.59. The van der Waals surface area contributed by atoms with Crippen LogP contribution in [0.4, 0.5) is 0 Å². The zero-order valence-electron chi connectivity index (χ0n) is 14.2. The van der Waals surface area contributed by atoms with Crippen molar-refractivity contribution in [1.82, 2.24) is 14.3 Å². The molecule has 0 N–H and O–H groups in total. The van der Waals surface area contributed by atoms with Gasteiger partial charge >= 0.3 is 0 Å². The fraction of sp³-hybridized carbons (Fsp3) is 0.158. The average Bonchev–Trinajstić information content (AvgIpc) is 3.09. The number of aromatic nitrogens is 2. The van der Waals surface area contributed by atoms with Gasteiger partial charge in [0.1, 0.15) is 17.8 Å².